The lowest BCUT2D eigenvalue weighted by molar-refractivity contribution is -0.120. The van der Waals surface area contributed by atoms with Gasteiger partial charge in [0.2, 0.25) is 5.91 Å². The number of nitrogens with two attached hydrogens (primary N) is 1. The number of aryl methyl sites for hydroxylation is 1. The van der Waals surface area contributed by atoms with E-state index in [1.807, 2.05) is 29.7 Å². The van der Waals surface area contributed by atoms with Crippen molar-refractivity contribution in [2.24, 2.45) is 5.73 Å². The van der Waals surface area contributed by atoms with Crippen molar-refractivity contribution in [3.63, 3.8) is 0 Å². The number of hydrogen-bond acceptors (Lipinski definition) is 3. The smallest absolute Gasteiger partial charge is 0.240 e. The van der Waals surface area contributed by atoms with Crippen molar-refractivity contribution in [2.75, 3.05) is 12.5 Å². The molecule has 114 valence electrons. The first-order valence-corrected chi connectivity index (χ1v) is 7.61. The zero-order valence-electron chi connectivity index (χ0n) is 12.3. The van der Waals surface area contributed by atoms with Gasteiger partial charge in [-0.15, -0.1) is 11.6 Å². The molecule has 2 rings (SSSR count). The van der Waals surface area contributed by atoms with Crippen LogP contribution in [-0.2, 0) is 11.2 Å². The zero-order valence-corrected chi connectivity index (χ0v) is 13.1. The molecule has 0 fully saturated rings. The van der Waals surface area contributed by atoms with Crippen LogP contribution in [-0.4, -0.2) is 27.9 Å². The Bertz CT molecular complexity index is 639. The second-order valence-corrected chi connectivity index (χ2v) is 5.27. The average Bonchev–Trinajstić information content (AvgIpc) is 2.83. The van der Waals surface area contributed by atoms with Crippen LogP contribution >= 0.6 is 11.6 Å². The van der Waals surface area contributed by atoms with Crippen molar-refractivity contribution in [1.82, 2.24) is 9.55 Å². The van der Waals surface area contributed by atoms with Crippen molar-refractivity contribution in [2.45, 2.75) is 32.7 Å². The molecule has 1 atom stereocenters. The number of rotatable bonds is 7. The van der Waals surface area contributed by atoms with Gasteiger partial charge in [0.25, 0.3) is 0 Å². The van der Waals surface area contributed by atoms with E-state index in [1.54, 1.807) is 6.92 Å². The van der Waals surface area contributed by atoms with Crippen molar-refractivity contribution >= 4 is 28.5 Å². The molecule has 0 saturated carbocycles. The number of carbonyl (C=O) groups excluding carboxylic acids is 1. The van der Waals surface area contributed by atoms with Crippen LogP contribution < -0.4 is 10.5 Å². The molecule has 0 radical (unpaired) electrons. The van der Waals surface area contributed by atoms with Gasteiger partial charge in [-0.2, -0.15) is 0 Å². The van der Waals surface area contributed by atoms with Crippen LogP contribution in [0.25, 0.3) is 11.0 Å². The van der Waals surface area contributed by atoms with Gasteiger partial charge in [-0.3, -0.25) is 4.79 Å². The van der Waals surface area contributed by atoms with Crippen LogP contribution in [0.4, 0.5) is 0 Å². The third kappa shape index (κ3) is 3.13. The number of alkyl halides is 1. The molecule has 0 spiro atoms. The molecule has 2 N–H and O–H groups in total. The monoisotopic (exact) mass is 309 g/mol. The summed E-state index contributed by atoms with van der Waals surface area (Å²) in [6.45, 7) is 4.44. The van der Waals surface area contributed by atoms with Crippen molar-refractivity contribution in [3.05, 3.63) is 24.0 Å². The number of amides is 1. The minimum Gasteiger partial charge on any atom is -0.491 e. The van der Waals surface area contributed by atoms with Gasteiger partial charge < -0.3 is 15.0 Å². The number of nitrogens with zero attached hydrogens (tertiary/aromatic N) is 2. The number of carbonyl (C=O) groups is 1. The van der Waals surface area contributed by atoms with E-state index in [1.165, 1.54) is 0 Å². The Labute approximate surface area is 129 Å². The Morgan fingerprint density at radius 2 is 2.29 bits per heavy atom. The zero-order chi connectivity index (χ0) is 15.4. The molecule has 0 aliphatic carbocycles. The minimum absolute atomic E-state index is 0.398. The molecule has 1 unspecified atom stereocenters. The number of primary amides is 1. The van der Waals surface area contributed by atoms with E-state index in [-0.39, 0.29) is 0 Å². The van der Waals surface area contributed by atoms with E-state index in [2.05, 4.69) is 4.98 Å². The Hall–Kier alpha value is -1.75. The Kier molecular flexibility index (Phi) is 5.07. The molecule has 0 bridgehead atoms. The van der Waals surface area contributed by atoms with Crippen LogP contribution in [0.1, 0.15) is 32.1 Å². The number of fused-ring (bicyclic) bond motifs is 1. The van der Waals surface area contributed by atoms with E-state index in [9.17, 15) is 4.79 Å². The van der Waals surface area contributed by atoms with Crippen LogP contribution in [0.3, 0.4) is 0 Å². The van der Waals surface area contributed by atoms with Gasteiger partial charge >= 0.3 is 0 Å². The lowest BCUT2D eigenvalue weighted by Gasteiger charge is -2.14. The largest absolute Gasteiger partial charge is 0.491 e. The summed E-state index contributed by atoms with van der Waals surface area (Å²) >= 11 is 5.84. The van der Waals surface area contributed by atoms with Crippen molar-refractivity contribution < 1.29 is 9.53 Å². The van der Waals surface area contributed by atoms with Crippen LogP contribution in [0.2, 0.25) is 0 Å². The van der Waals surface area contributed by atoms with Gasteiger partial charge in [0, 0.05) is 12.3 Å². The molecule has 1 aromatic carbocycles. The van der Waals surface area contributed by atoms with Gasteiger partial charge in [-0.1, -0.05) is 13.0 Å². The molecular weight excluding hydrogens is 290 g/mol. The number of para-hydroxylation sites is 1. The first-order chi connectivity index (χ1) is 10.1. The normalized spacial score (nSPS) is 12.5. The number of imidazole rings is 1. The molecule has 21 heavy (non-hydrogen) atoms. The number of halogens is 1. The van der Waals surface area contributed by atoms with E-state index in [4.69, 9.17) is 22.1 Å². The van der Waals surface area contributed by atoms with Gasteiger partial charge in [-0.25, -0.2) is 4.98 Å². The Morgan fingerprint density at radius 1 is 1.52 bits per heavy atom. The third-order valence-corrected chi connectivity index (χ3v) is 3.52. The van der Waals surface area contributed by atoms with Gasteiger partial charge in [-0.05, 0) is 25.5 Å². The molecular formula is C15H20ClN3O2. The Morgan fingerprint density at radius 3 is 2.90 bits per heavy atom. The molecule has 0 saturated heterocycles. The van der Waals surface area contributed by atoms with Gasteiger partial charge in [0.15, 0.2) is 0 Å². The van der Waals surface area contributed by atoms with Crippen molar-refractivity contribution in [1.29, 1.82) is 0 Å². The molecule has 6 heteroatoms. The maximum Gasteiger partial charge on any atom is 0.240 e. The summed E-state index contributed by atoms with van der Waals surface area (Å²) < 4.78 is 7.58. The molecule has 5 nitrogen and oxygen atoms in total. The summed E-state index contributed by atoms with van der Waals surface area (Å²) in [6.07, 6.45) is 1.49. The highest BCUT2D eigenvalue weighted by atomic mass is 35.5. The van der Waals surface area contributed by atoms with E-state index in [0.717, 1.165) is 29.0 Å². The first kappa shape index (κ1) is 15.6. The van der Waals surface area contributed by atoms with Crippen LogP contribution in [0.15, 0.2) is 18.2 Å². The first-order valence-electron chi connectivity index (χ1n) is 7.08. The number of aromatic nitrogens is 2. The Balaban J connectivity index is 2.59. The highest BCUT2D eigenvalue weighted by Gasteiger charge is 2.21. The molecule has 0 aliphatic rings. The van der Waals surface area contributed by atoms with E-state index < -0.39 is 11.9 Å². The highest BCUT2D eigenvalue weighted by Crippen LogP contribution is 2.29. The van der Waals surface area contributed by atoms with Crippen LogP contribution in [0.5, 0.6) is 5.75 Å². The fourth-order valence-corrected chi connectivity index (χ4v) is 2.46. The van der Waals surface area contributed by atoms with Gasteiger partial charge in [0.1, 0.15) is 23.1 Å². The molecule has 1 amide bonds. The summed E-state index contributed by atoms with van der Waals surface area (Å²) in [4.78, 5) is 16.2. The van der Waals surface area contributed by atoms with E-state index in [0.29, 0.717) is 18.9 Å². The highest BCUT2D eigenvalue weighted by molar-refractivity contribution is 6.18. The van der Waals surface area contributed by atoms with Crippen LogP contribution in [0, 0.1) is 0 Å². The maximum absolute atomic E-state index is 11.6. The quantitative estimate of drug-likeness (QED) is 0.799. The number of benzene rings is 1. The maximum atomic E-state index is 11.6. The van der Waals surface area contributed by atoms with Crippen molar-refractivity contribution in [3.8, 4) is 5.75 Å². The SMILES string of the molecule is CCCOc1cccc2c1nc(CCCl)n2C(C)C(N)=O. The van der Waals surface area contributed by atoms with Gasteiger partial charge in [0.05, 0.1) is 12.1 Å². The standard InChI is InChI=1S/C15H20ClN3O2/c1-3-9-21-12-6-4-5-11-14(12)18-13(7-8-16)19(11)10(2)15(17)20/h4-6,10H,3,7-9H2,1-2H3,(H2,17,20). The number of hydrogen-bond donors (Lipinski definition) is 1. The minimum atomic E-state index is -0.477. The number of ether oxygens (including phenoxy) is 1. The van der Waals surface area contributed by atoms with E-state index >= 15 is 0 Å². The average molecular weight is 310 g/mol. The molecule has 1 aromatic heterocycles. The second-order valence-electron chi connectivity index (χ2n) is 4.89. The fraction of sp³-hybridized carbons (Fsp3) is 0.467. The molecule has 0 aliphatic heterocycles. The summed E-state index contributed by atoms with van der Waals surface area (Å²) in [5.74, 6) is 1.50. The summed E-state index contributed by atoms with van der Waals surface area (Å²) in [5.41, 5.74) is 7.04. The fourth-order valence-electron chi connectivity index (χ4n) is 2.29. The topological polar surface area (TPSA) is 70.1 Å². The summed E-state index contributed by atoms with van der Waals surface area (Å²) in [5, 5.41) is 0. The summed E-state index contributed by atoms with van der Waals surface area (Å²) in [7, 11) is 0. The second kappa shape index (κ2) is 6.80. The third-order valence-electron chi connectivity index (χ3n) is 3.34. The molecule has 1 heterocycles. The molecule has 2 aromatic rings. The summed E-state index contributed by atoms with van der Waals surface area (Å²) in [6, 6.07) is 5.21. The lowest BCUT2D eigenvalue weighted by atomic mass is 10.2. The lowest BCUT2D eigenvalue weighted by Crippen LogP contribution is -2.25. The predicted molar refractivity (Wildman–Crippen MR) is 83.8 cm³/mol. The predicted octanol–water partition coefficient (Wildman–Crippen LogP) is 2.65.